The average Bonchev–Trinajstić information content (AvgIpc) is 2.92. The van der Waals surface area contributed by atoms with Gasteiger partial charge in [-0.2, -0.15) is 0 Å². The van der Waals surface area contributed by atoms with Crippen molar-refractivity contribution in [3.05, 3.63) is 30.1 Å². The third kappa shape index (κ3) is 4.48. The van der Waals surface area contributed by atoms with Crippen LogP contribution in [0.4, 0.5) is 10.1 Å². The van der Waals surface area contributed by atoms with Gasteiger partial charge in [-0.1, -0.05) is 6.07 Å². The van der Waals surface area contributed by atoms with Gasteiger partial charge in [0, 0.05) is 25.3 Å². The highest BCUT2D eigenvalue weighted by atomic mass is 19.1. The van der Waals surface area contributed by atoms with Gasteiger partial charge >= 0.3 is 0 Å². The van der Waals surface area contributed by atoms with Crippen molar-refractivity contribution in [1.29, 1.82) is 0 Å². The molecule has 1 aromatic carbocycles. The highest BCUT2D eigenvalue weighted by Crippen LogP contribution is 2.16. The maximum atomic E-state index is 13.3. The van der Waals surface area contributed by atoms with Crippen LogP contribution in [0.1, 0.15) is 19.3 Å². The van der Waals surface area contributed by atoms with Gasteiger partial charge in [-0.25, -0.2) is 4.39 Å². The van der Waals surface area contributed by atoms with Crippen LogP contribution in [-0.2, 0) is 0 Å². The Labute approximate surface area is 115 Å². The predicted molar refractivity (Wildman–Crippen MR) is 78.0 cm³/mol. The molecule has 1 saturated heterocycles. The minimum atomic E-state index is -0.170. The Morgan fingerprint density at radius 1 is 1.21 bits per heavy atom. The van der Waals surface area contributed by atoms with Crippen molar-refractivity contribution in [2.24, 2.45) is 5.73 Å². The van der Waals surface area contributed by atoms with E-state index in [-0.39, 0.29) is 5.82 Å². The number of benzene rings is 1. The number of likely N-dealkylation sites (tertiary alicyclic amines) is 1. The molecule has 0 amide bonds. The fourth-order valence-corrected chi connectivity index (χ4v) is 2.59. The third-order valence-electron chi connectivity index (χ3n) is 3.69. The first-order valence-electron chi connectivity index (χ1n) is 7.22. The fraction of sp³-hybridized carbons (Fsp3) is 0.600. The zero-order chi connectivity index (χ0) is 13.5. The van der Waals surface area contributed by atoms with Gasteiger partial charge in [-0.3, -0.25) is 0 Å². The Morgan fingerprint density at radius 3 is 2.68 bits per heavy atom. The number of anilines is 1. The molecule has 19 heavy (non-hydrogen) atoms. The summed E-state index contributed by atoms with van der Waals surface area (Å²) >= 11 is 0. The molecule has 4 heteroatoms. The van der Waals surface area contributed by atoms with Crippen molar-refractivity contribution in [3.63, 3.8) is 0 Å². The molecule has 0 atom stereocenters. The Hall–Kier alpha value is -1.13. The molecule has 0 bridgehead atoms. The number of hydrogen-bond donors (Lipinski definition) is 1. The summed E-state index contributed by atoms with van der Waals surface area (Å²) in [6, 6.07) is 6.85. The molecule has 1 aliphatic heterocycles. The first-order valence-corrected chi connectivity index (χ1v) is 7.22. The predicted octanol–water partition coefficient (Wildman–Crippen LogP) is 2.08. The Morgan fingerprint density at radius 2 is 2.00 bits per heavy atom. The second-order valence-electron chi connectivity index (χ2n) is 5.16. The number of rotatable bonds is 7. The highest BCUT2D eigenvalue weighted by molar-refractivity contribution is 5.46. The summed E-state index contributed by atoms with van der Waals surface area (Å²) in [5, 5.41) is 0. The van der Waals surface area contributed by atoms with Crippen molar-refractivity contribution in [2.75, 3.05) is 44.2 Å². The van der Waals surface area contributed by atoms with Gasteiger partial charge in [-0.15, -0.1) is 0 Å². The lowest BCUT2D eigenvalue weighted by Crippen LogP contribution is -2.35. The second kappa shape index (κ2) is 7.46. The smallest absolute Gasteiger partial charge is 0.125 e. The van der Waals surface area contributed by atoms with Crippen LogP contribution in [0.2, 0.25) is 0 Å². The maximum Gasteiger partial charge on any atom is 0.125 e. The monoisotopic (exact) mass is 265 g/mol. The summed E-state index contributed by atoms with van der Waals surface area (Å²) < 4.78 is 13.3. The third-order valence-corrected chi connectivity index (χ3v) is 3.69. The summed E-state index contributed by atoms with van der Waals surface area (Å²) in [5.74, 6) is -0.170. The molecule has 3 nitrogen and oxygen atoms in total. The summed E-state index contributed by atoms with van der Waals surface area (Å²) in [6.45, 7) is 5.98. The van der Waals surface area contributed by atoms with Crippen LogP contribution >= 0.6 is 0 Å². The molecule has 1 fully saturated rings. The fourth-order valence-electron chi connectivity index (χ4n) is 2.59. The van der Waals surface area contributed by atoms with E-state index in [1.165, 1.54) is 32.0 Å². The van der Waals surface area contributed by atoms with Gasteiger partial charge in [0.1, 0.15) is 5.82 Å². The van der Waals surface area contributed by atoms with Gasteiger partial charge in [-0.05, 0) is 57.1 Å². The topological polar surface area (TPSA) is 32.5 Å². The van der Waals surface area contributed by atoms with E-state index in [4.69, 9.17) is 5.73 Å². The number of nitrogens with two attached hydrogens (primary N) is 1. The van der Waals surface area contributed by atoms with Crippen molar-refractivity contribution < 1.29 is 4.39 Å². The lowest BCUT2D eigenvalue weighted by molar-refractivity contribution is 0.344. The molecule has 0 radical (unpaired) electrons. The largest absolute Gasteiger partial charge is 0.370 e. The van der Waals surface area contributed by atoms with E-state index >= 15 is 0 Å². The molecule has 1 heterocycles. The van der Waals surface area contributed by atoms with Gasteiger partial charge < -0.3 is 15.5 Å². The maximum absolute atomic E-state index is 13.3. The first-order chi connectivity index (χ1) is 9.29. The SMILES string of the molecule is NCCCN(CCN1CCCC1)c1cccc(F)c1. The lowest BCUT2D eigenvalue weighted by Gasteiger charge is -2.27. The second-order valence-corrected chi connectivity index (χ2v) is 5.16. The van der Waals surface area contributed by atoms with Crippen LogP contribution in [0, 0.1) is 5.82 Å². The van der Waals surface area contributed by atoms with Crippen LogP contribution in [0.5, 0.6) is 0 Å². The van der Waals surface area contributed by atoms with Crippen molar-refractivity contribution in [2.45, 2.75) is 19.3 Å². The van der Waals surface area contributed by atoms with E-state index in [2.05, 4.69) is 9.80 Å². The van der Waals surface area contributed by atoms with Crippen molar-refractivity contribution in [3.8, 4) is 0 Å². The molecule has 1 aliphatic rings. The molecule has 0 aliphatic carbocycles. The lowest BCUT2D eigenvalue weighted by atomic mass is 10.2. The molecule has 2 rings (SSSR count). The van der Waals surface area contributed by atoms with Crippen molar-refractivity contribution >= 4 is 5.69 Å². The molecular weight excluding hydrogens is 241 g/mol. The van der Waals surface area contributed by atoms with Gasteiger partial charge in [0.25, 0.3) is 0 Å². The van der Waals surface area contributed by atoms with E-state index in [1.54, 1.807) is 12.1 Å². The number of halogens is 1. The van der Waals surface area contributed by atoms with E-state index in [1.807, 2.05) is 6.07 Å². The average molecular weight is 265 g/mol. The summed E-state index contributed by atoms with van der Waals surface area (Å²) in [7, 11) is 0. The van der Waals surface area contributed by atoms with E-state index in [0.29, 0.717) is 6.54 Å². The Kier molecular flexibility index (Phi) is 5.61. The van der Waals surface area contributed by atoms with Crippen LogP contribution < -0.4 is 10.6 Å². The molecular formula is C15H24FN3. The summed E-state index contributed by atoms with van der Waals surface area (Å²) in [6.07, 6.45) is 3.56. The normalized spacial score (nSPS) is 15.9. The molecule has 0 spiro atoms. The first kappa shape index (κ1) is 14.3. The molecule has 0 unspecified atom stereocenters. The van der Waals surface area contributed by atoms with Crippen molar-refractivity contribution in [1.82, 2.24) is 4.90 Å². The van der Waals surface area contributed by atoms with Crippen LogP contribution in [0.25, 0.3) is 0 Å². The highest BCUT2D eigenvalue weighted by Gasteiger charge is 2.13. The van der Waals surface area contributed by atoms with E-state index < -0.39 is 0 Å². The quantitative estimate of drug-likeness (QED) is 0.819. The minimum absolute atomic E-state index is 0.170. The summed E-state index contributed by atoms with van der Waals surface area (Å²) in [4.78, 5) is 4.73. The minimum Gasteiger partial charge on any atom is -0.370 e. The molecule has 1 aromatic rings. The van der Waals surface area contributed by atoms with E-state index in [9.17, 15) is 4.39 Å². The molecule has 0 aromatic heterocycles. The zero-order valence-electron chi connectivity index (χ0n) is 11.5. The van der Waals surface area contributed by atoms with Crippen LogP contribution in [0.3, 0.4) is 0 Å². The van der Waals surface area contributed by atoms with E-state index in [0.717, 1.165) is 31.7 Å². The summed E-state index contributed by atoms with van der Waals surface area (Å²) in [5.41, 5.74) is 6.56. The van der Waals surface area contributed by atoms with Gasteiger partial charge in [0.15, 0.2) is 0 Å². The van der Waals surface area contributed by atoms with Gasteiger partial charge in [0.2, 0.25) is 0 Å². The molecule has 0 saturated carbocycles. The zero-order valence-corrected chi connectivity index (χ0v) is 11.5. The molecule has 106 valence electrons. The Bertz CT molecular complexity index is 377. The molecule has 2 N–H and O–H groups in total. The standard InChI is InChI=1S/C15H24FN3/c16-14-5-3-6-15(13-14)19(10-4-7-17)12-11-18-8-1-2-9-18/h3,5-6,13H,1-2,4,7-12,17H2. The number of nitrogens with zero attached hydrogens (tertiary/aromatic N) is 2. The Balaban J connectivity index is 1.94. The van der Waals surface area contributed by atoms with Crippen LogP contribution in [-0.4, -0.2) is 44.2 Å². The number of hydrogen-bond acceptors (Lipinski definition) is 3. The van der Waals surface area contributed by atoms with Crippen LogP contribution in [0.15, 0.2) is 24.3 Å². The van der Waals surface area contributed by atoms with Gasteiger partial charge in [0.05, 0.1) is 0 Å².